The summed E-state index contributed by atoms with van der Waals surface area (Å²) in [5.41, 5.74) is 1.59. The lowest BCUT2D eigenvalue weighted by Crippen LogP contribution is -2.48. The van der Waals surface area contributed by atoms with Gasteiger partial charge >= 0.3 is 0 Å². The lowest BCUT2D eigenvalue weighted by Gasteiger charge is -2.34. The smallest absolute Gasteiger partial charge is 0.246 e. The van der Waals surface area contributed by atoms with E-state index in [0.29, 0.717) is 18.1 Å². The number of phenols is 1. The molecule has 0 unspecified atom stereocenters. The van der Waals surface area contributed by atoms with E-state index in [1.54, 1.807) is 29.3 Å². The number of aromatic hydroxyl groups is 1. The first-order valence-electron chi connectivity index (χ1n) is 7.69. The van der Waals surface area contributed by atoms with Gasteiger partial charge in [0.1, 0.15) is 11.6 Å². The van der Waals surface area contributed by atoms with E-state index in [0.717, 1.165) is 30.0 Å². The number of piperazine rings is 1. The van der Waals surface area contributed by atoms with E-state index in [2.05, 4.69) is 16.5 Å². The van der Waals surface area contributed by atoms with Crippen molar-refractivity contribution in [1.29, 1.82) is 0 Å². The van der Waals surface area contributed by atoms with Crippen LogP contribution in [-0.4, -0.2) is 47.1 Å². The van der Waals surface area contributed by atoms with Crippen LogP contribution in [0.4, 0.5) is 5.82 Å². The van der Waals surface area contributed by atoms with Gasteiger partial charge in [-0.2, -0.15) is 0 Å². The molecule has 124 valence electrons. The van der Waals surface area contributed by atoms with E-state index >= 15 is 0 Å². The topological polar surface area (TPSA) is 56.7 Å². The molecule has 1 aromatic carbocycles. The highest BCUT2D eigenvalue weighted by atomic mass is 35.5. The number of benzene rings is 1. The fraction of sp³-hybridized carbons (Fsp3) is 0.222. The van der Waals surface area contributed by atoms with Crippen molar-refractivity contribution in [2.75, 3.05) is 31.1 Å². The van der Waals surface area contributed by atoms with Gasteiger partial charge in [-0.3, -0.25) is 4.79 Å². The van der Waals surface area contributed by atoms with E-state index in [1.807, 2.05) is 12.1 Å². The minimum Gasteiger partial charge on any atom is -0.508 e. The van der Waals surface area contributed by atoms with Crippen LogP contribution in [0.2, 0.25) is 5.02 Å². The van der Waals surface area contributed by atoms with Gasteiger partial charge in [0.2, 0.25) is 5.91 Å². The second kappa shape index (κ2) is 6.93. The number of carbonyl (C=O) groups is 1. The highest BCUT2D eigenvalue weighted by Gasteiger charge is 2.20. The quantitative estimate of drug-likeness (QED) is 0.871. The fourth-order valence-electron chi connectivity index (χ4n) is 2.75. The third kappa shape index (κ3) is 3.36. The third-order valence-corrected chi connectivity index (χ3v) is 4.43. The van der Waals surface area contributed by atoms with Crippen molar-refractivity contribution >= 4 is 23.3 Å². The number of phenolic OH excluding ortho intramolecular Hbond substituents is 1. The summed E-state index contributed by atoms with van der Waals surface area (Å²) < 4.78 is 0. The zero-order valence-corrected chi connectivity index (χ0v) is 13.9. The van der Waals surface area contributed by atoms with Crippen LogP contribution in [0, 0.1) is 0 Å². The van der Waals surface area contributed by atoms with Gasteiger partial charge in [-0.1, -0.05) is 18.2 Å². The number of aromatic nitrogens is 1. The summed E-state index contributed by atoms with van der Waals surface area (Å²) >= 11 is 6.18. The minimum absolute atomic E-state index is 0.0310. The molecule has 0 saturated carbocycles. The van der Waals surface area contributed by atoms with Crippen molar-refractivity contribution in [2.24, 2.45) is 0 Å². The molecule has 6 heteroatoms. The Morgan fingerprint density at radius 1 is 1.21 bits per heavy atom. The van der Waals surface area contributed by atoms with Crippen LogP contribution in [0.25, 0.3) is 11.1 Å². The number of amides is 1. The lowest BCUT2D eigenvalue weighted by molar-refractivity contribution is -0.126. The summed E-state index contributed by atoms with van der Waals surface area (Å²) in [6.07, 6.45) is 3.10. The van der Waals surface area contributed by atoms with Crippen molar-refractivity contribution < 1.29 is 9.90 Å². The Morgan fingerprint density at radius 2 is 1.96 bits per heavy atom. The monoisotopic (exact) mass is 343 g/mol. The predicted molar refractivity (Wildman–Crippen MR) is 95.3 cm³/mol. The molecule has 0 spiro atoms. The SMILES string of the molecule is C=CC(=O)N1CCN(c2ccc(-c3cc(O)ccc3Cl)cn2)CC1. The molecule has 2 heterocycles. The second-order valence-corrected chi connectivity index (χ2v) is 5.99. The van der Waals surface area contributed by atoms with Crippen LogP contribution in [0.3, 0.4) is 0 Å². The molecule has 3 rings (SSSR count). The van der Waals surface area contributed by atoms with Crippen LogP contribution in [0.15, 0.2) is 49.2 Å². The van der Waals surface area contributed by atoms with Gasteiger partial charge in [-0.05, 0) is 36.4 Å². The average molecular weight is 344 g/mol. The molecule has 1 fully saturated rings. The fourth-order valence-corrected chi connectivity index (χ4v) is 2.98. The number of hydrogen-bond donors (Lipinski definition) is 1. The van der Waals surface area contributed by atoms with Gasteiger partial charge in [-0.25, -0.2) is 4.98 Å². The number of nitrogens with zero attached hydrogens (tertiary/aromatic N) is 3. The largest absolute Gasteiger partial charge is 0.508 e. The minimum atomic E-state index is -0.0310. The van der Waals surface area contributed by atoms with E-state index in [4.69, 9.17) is 11.6 Å². The first kappa shape index (κ1) is 16.3. The number of hydrogen-bond acceptors (Lipinski definition) is 4. The van der Waals surface area contributed by atoms with Crippen molar-refractivity contribution in [1.82, 2.24) is 9.88 Å². The Labute approximate surface area is 145 Å². The summed E-state index contributed by atoms with van der Waals surface area (Å²) in [5, 5.41) is 10.2. The van der Waals surface area contributed by atoms with Gasteiger partial charge in [0, 0.05) is 48.5 Å². The maximum absolute atomic E-state index is 11.6. The Bertz CT molecular complexity index is 753. The van der Waals surface area contributed by atoms with Crippen LogP contribution >= 0.6 is 11.6 Å². The van der Waals surface area contributed by atoms with E-state index in [9.17, 15) is 9.90 Å². The lowest BCUT2D eigenvalue weighted by atomic mass is 10.1. The first-order chi connectivity index (χ1) is 11.6. The molecular weight excluding hydrogens is 326 g/mol. The number of carbonyl (C=O) groups excluding carboxylic acids is 1. The highest BCUT2D eigenvalue weighted by molar-refractivity contribution is 6.33. The van der Waals surface area contributed by atoms with Crippen molar-refractivity contribution in [3.05, 3.63) is 54.2 Å². The number of pyridine rings is 1. The highest BCUT2D eigenvalue weighted by Crippen LogP contribution is 2.31. The summed E-state index contributed by atoms with van der Waals surface area (Å²) in [6.45, 7) is 6.31. The zero-order valence-electron chi connectivity index (χ0n) is 13.2. The second-order valence-electron chi connectivity index (χ2n) is 5.59. The van der Waals surface area contributed by atoms with Crippen LogP contribution in [0.5, 0.6) is 5.75 Å². The molecule has 1 N–H and O–H groups in total. The van der Waals surface area contributed by atoms with Crippen molar-refractivity contribution in [2.45, 2.75) is 0 Å². The maximum atomic E-state index is 11.6. The Morgan fingerprint density at radius 3 is 2.58 bits per heavy atom. The van der Waals surface area contributed by atoms with E-state index in [-0.39, 0.29) is 11.7 Å². The molecule has 0 bridgehead atoms. The standard InChI is InChI=1S/C18H18ClN3O2/c1-2-18(24)22-9-7-21(8-10-22)17-6-3-13(12-20-17)15-11-14(23)4-5-16(15)19/h2-6,11-12,23H,1,7-10H2. The Kier molecular flexibility index (Phi) is 4.71. The molecule has 1 aromatic heterocycles. The molecular formula is C18H18ClN3O2. The van der Waals surface area contributed by atoms with Crippen LogP contribution in [0.1, 0.15) is 0 Å². The average Bonchev–Trinajstić information content (AvgIpc) is 2.63. The number of halogens is 1. The molecule has 5 nitrogen and oxygen atoms in total. The zero-order chi connectivity index (χ0) is 17.1. The first-order valence-corrected chi connectivity index (χ1v) is 8.07. The summed E-state index contributed by atoms with van der Waals surface area (Å²) in [7, 11) is 0. The van der Waals surface area contributed by atoms with Gasteiger partial charge in [0.15, 0.2) is 0 Å². The van der Waals surface area contributed by atoms with Gasteiger partial charge in [-0.15, -0.1) is 0 Å². The van der Waals surface area contributed by atoms with E-state index < -0.39 is 0 Å². The van der Waals surface area contributed by atoms with Crippen LogP contribution in [-0.2, 0) is 4.79 Å². The predicted octanol–water partition coefficient (Wildman–Crippen LogP) is 2.94. The van der Waals surface area contributed by atoms with Crippen LogP contribution < -0.4 is 4.90 Å². The van der Waals surface area contributed by atoms with Crippen molar-refractivity contribution in [3.63, 3.8) is 0 Å². The molecule has 0 atom stereocenters. The Hall–Kier alpha value is -2.53. The molecule has 1 saturated heterocycles. The number of rotatable bonds is 3. The summed E-state index contributed by atoms with van der Waals surface area (Å²) in [5.74, 6) is 0.999. The molecule has 1 aliphatic heterocycles. The maximum Gasteiger partial charge on any atom is 0.246 e. The van der Waals surface area contributed by atoms with Gasteiger partial charge in [0.05, 0.1) is 0 Å². The third-order valence-electron chi connectivity index (χ3n) is 4.10. The molecule has 0 aliphatic carbocycles. The molecule has 1 aliphatic rings. The Balaban J connectivity index is 1.73. The molecule has 1 amide bonds. The van der Waals surface area contributed by atoms with Gasteiger partial charge in [0.25, 0.3) is 0 Å². The van der Waals surface area contributed by atoms with Gasteiger partial charge < -0.3 is 14.9 Å². The number of anilines is 1. The molecule has 2 aromatic rings. The molecule has 24 heavy (non-hydrogen) atoms. The normalized spacial score (nSPS) is 14.5. The summed E-state index contributed by atoms with van der Waals surface area (Å²) in [4.78, 5) is 20.0. The van der Waals surface area contributed by atoms with E-state index in [1.165, 1.54) is 6.08 Å². The molecule has 0 radical (unpaired) electrons. The summed E-state index contributed by atoms with van der Waals surface area (Å²) in [6, 6.07) is 8.71. The van der Waals surface area contributed by atoms with Crippen molar-refractivity contribution in [3.8, 4) is 16.9 Å².